The number of carboxylic acid groups (broad SMARTS) is 1. The maximum absolute atomic E-state index is 12.3. The molecule has 120 valence electrons. The average Bonchev–Trinajstić information content (AvgIpc) is 3.33. The third-order valence-corrected chi connectivity index (χ3v) is 3.75. The molecule has 1 fully saturated rings. The Labute approximate surface area is 130 Å². The topological polar surface area (TPSA) is 75.6 Å². The van der Waals surface area contributed by atoms with Crippen LogP contribution in [0.15, 0.2) is 24.3 Å². The Hall–Kier alpha value is -2.04. The Morgan fingerprint density at radius 2 is 2.09 bits per heavy atom. The number of hydrogen-bond donors (Lipinski definition) is 2. The molecule has 0 saturated heterocycles. The monoisotopic (exact) mass is 305 g/mol. The van der Waals surface area contributed by atoms with E-state index < -0.39 is 17.9 Å². The molecule has 0 unspecified atom stereocenters. The molecule has 0 bridgehead atoms. The van der Waals surface area contributed by atoms with Crippen molar-refractivity contribution in [2.75, 3.05) is 6.61 Å². The van der Waals surface area contributed by atoms with Crippen molar-refractivity contribution < 1.29 is 19.4 Å². The van der Waals surface area contributed by atoms with Gasteiger partial charge in [0, 0.05) is 0 Å². The van der Waals surface area contributed by atoms with Gasteiger partial charge in [0.15, 0.2) is 0 Å². The Balaban J connectivity index is 2.01. The first-order chi connectivity index (χ1) is 10.6. The van der Waals surface area contributed by atoms with Gasteiger partial charge in [-0.2, -0.15) is 0 Å². The van der Waals surface area contributed by atoms with Gasteiger partial charge in [0.05, 0.1) is 12.2 Å². The number of ether oxygens (including phenoxy) is 1. The van der Waals surface area contributed by atoms with Crippen LogP contribution in [0, 0.1) is 5.92 Å². The summed E-state index contributed by atoms with van der Waals surface area (Å²) in [6.07, 6.45) is 4.43. The minimum atomic E-state index is -1.00. The van der Waals surface area contributed by atoms with Crippen LogP contribution in [0.2, 0.25) is 0 Å². The lowest BCUT2D eigenvalue weighted by Gasteiger charge is -2.16. The molecule has 2 rings (SSSR count). The summed E-state index contributed by atoms with van der Waals surface area (Å²) in [4.78, 5) is 23.6. The Bertz CT molecular complexity index is 525. The molecule has 1 saturated carbocycles. The molecule has 0 radical (unpaired) electrons. The highest BCUT2D eigenvalue weighted by Crippen LogP contribution is 2.30. The first-order valence-corrected chi connectivity index (χ1v) is 7.87. The van der Waals surface area contributed by atoms with Crippen LogP contribution in [0.5, 0.6) is 5.75 Å². The molecule has 1 amide bonds. The van der Waals surface area contributed by atoms with Crippen LogP contribution in [0.1, 0.15) is 49.4 Å². The fourth-order valence-corrected chi connectivity index (χ4v) is 2.17. The highest BCUT2D eigenvalue weighted by molar-refractivity contribution is 5.98. The van der Waals surface area contributed by atoms with Gasteiger partial charge < -0.3 is 15.2 Å². The van der Waals surface area contributed by atoms with E-state index in [0.29, 0.717) is 30.3 Å². The zero-order valence-corrected chi connectivity index (χ0v) is 12.9. The van der Waals surface area contributed by atoms with Gasteiger partial charge in [-0.15, -0.1) is 0 Å². The van der Waals surface area contributed by atoms with Crippen LogP contribution in [0.4, 0.5) is 0 Å². The molecule has 0 spiro atoms. The lowest BCUT2D eigenvalue weighted by atomic mass is 10.1. The quantitative estimate of drug-likeness (QED) is 0.735. The average molecular weight is 305 g/mol. The molecule has 0 aliphatic heterocycles. The molecule has 1 aliphatic rings. The van der Waals surface area contributed by atoms with E-state index in [9.17, 15) is 14.7 Å². The van der Waals surface area contributed by atoms with Gasteiger partial charge in [0.1, 0.15) is 11.8 Å². The standard InChI is InChI=1S/C17H23NO4/c1-2-3-7-14(17(20)21)18-16(19)13-6-4-5-8-15(13)22-11-12-9-10-12/h4-6,8,12,14H,2-3,7,9-11H2,1H3,(H,18,19)(H,20,21)/t14-/m0/s1. The van der Waals surface area contributed by atoms with E-state index in [1.807, 2.05) is 13.0 Å². The zero-order chi connectivity index (χ0) is 15.9. The number of rotatable bonds is 9. The highest BCUT2D eigenvalue weighted by atomic mass is 16.5. The van der Waals surface area contributed by atoms with E-state index in [2.05, 4.69) is 5.32 Å². The van der Waals surface area contributed by atoms with Crippen molar-refractivity contribution in [2.24, 2.45) is 5.92 Å². The fraction of sp³-hybridized carbons (Fsp3) is 0.529. The lowest BCUT2D eigenvalue weighted by Crippen LogP contribution is -2.40. The van der Waals surface area contributed by atoms with E-state index in [1.54, 1.807) is 18.2 Å². The number of para-hydroxylation sites is 1. The van der Waals surface area contributed by atoms with Crippen LogP contribution >= 0.6 is 0 Å². The number of aliphatic carboxylic acids is 1. The molecule has 5 nitrogen and oxygen atoms in total. The Morgan fingerprint density at radius 3 is 2.73 bits per heavy atom. The van der Waals surface area contributed by atoms with E-state index in [0.717, 1.165) is 12.8 Å². The Kier molecular flexibility index (Phi) is 5.81. The molecular weight excluding hydrogens is 282 g/mol. The van der Waals surface area contributed by atoms with Crippen molar-refractivity contribution in [3.05, 3.63) is 29.8 Å². The van der Waals surface area contributed by atoms with Crippen molar-refractivity contribution >= 4 is 11.9 Å². The number of nitrogens with one attached hydrogen (secondary N) is 1. The minimum Gasteiger partial charge on any atom is -0.492 e. The first-order valence-electron chi connectivity index (χ1n) is 7.87. The number of carboxylic acids is 1. The molecule has 1 atom stereocenters. The summed E-state index contributed by atoms with van der Waals surface area (Å²) < 4.78 is 5.70. The van der Waals surface area contributed by atoms with E-state index in [4.69, 9.17) is 4.74 Å². The van der Waals surface area contributed by atoms with Gasteiger partial charge in [0.25, 0.3) is 5.91 Å². The van der Waals surface area contributed by atoms with Gasteiger partial charge in [-0.25, -0.2) is 4.79 Å². The lowest BCUT2D eigenvalue weighted by molar-refractivity contribution is -0.139. The number of hydrogen-bond acceptors (Lipinski definition) is 3. The van der Waals surface area contributed by atoms with Crippen LogP contribution in [-0.2, 0) is 4.79 Å². The van der Waals surface area contributed by atoms with Crippen LogP contribution in [0.3, 0.4) is 0 Å². The second-order valence-corrected chi connectivity index (χ2v) is 5.76. The number of amides is 1. The second kappa shape index (κ2) is 7.82. The van der Waals surface area contributed by atoms with Gasteiger partial charge in [0.2, 0.25) is 0 Å². The summed E-state index contributed by atoms with van der Waals surface area (Å²) in [5.74, 6) is -0.285. The SMILES string of the molecule is CCCC[C@H](NC(=O)c1ccccc1OCC1CC1)C(=O)O. The number of carbonyl (C=O) groups is 2. The predicted octanol–water partition coefficient (Wildman–Crippen LogP) is 2.85. The van der Waals surface area contributed by atoms with Crippen molar-refractivity contribution in [1.29, 1.82) is 0 Å². The first kappa shape index (κ1) is 16.3. The molecule has 2 N–H and O–H groups in total. The van der Waals surface area contributed by atoms with E-state index in [1.165, 1.54) is 12.8 Å². The number of carbonyl (C=O) groups excluding carboxylic acids is 1. The molecule has 5 heteroatoms. The normalized spacial score (nSPS) is 15.1. The third-order valence-electron chi connectivity index (χ3n) is 3.75. The predicted molar refractivity (Wildman–Crippen MR) is 83.1 cm³/mol. The van der Waals surface area contributed by atoms with Crippen molar-refractivity contribution in [2.45, 2.75) is 45.1 Å². The molecule has 1 aromatic rings. The van der Waals surface area contributed by atoms with E-state index >= 15 is 0 Å². The number of benzene rings is 1. The zero-order valence-electron chi connectivity index (χ0n) is 12.9. The van der Waals surface area contributed by atoms with Gasteiger partial charge in [-0.3, -0.25) is 4.79 Å². The van der Waals surface area contributed by atoms with Gasteiger partial charge >= 0.3 is 5.97 Å². The summed E-state index contributed by atoms with van der Waals surface area (Å²) in [5.41, 5.74) is 0.394. The largest absolute Gasteiger partial charge is 0.492 e. The van der Waals surface area contributed by atoms with Crippen molar-refractivity contribution in [3.63, 3.8) is 0 Å². The molecule has 1 aliphatic carbocycles. The second-order valence-electron chi connectivity index (χ2n) is 5.76. The maximum Gasteiger partial charge on any atom is 0.326 e. The van der Waals surface area contributed by atoms with Gasteiger partial charge in [-0.1, -0.05) is 31.9 Å². The smallest absolute Gasteiger partial charge is 0.326 e. The summed E-state index contributed by atoms with van der Waals surface area (Å²) in [5, 5.41) is 11.8. The molecule has 0 heterocycles. The van der Waals surface area contributed by atoms with Crippen molar-refractivity contribution in [3.8, 4) is 5.75 Å². The van der Waals surface area contributed by atoms with Crippen LogP contribution in [0.25, 0.3) is 0 Å². The van der Waals surface area contributed by atoms with Crippen LogP contribution < -0.4 is 10.1 Å². The highest BCUT2D eigenvalue weighted by Gasteiger charge is 2.24. The molecule has 22 heavy (non-hydrogen) atoms. The summed E-state index contributed by atoms with van der Waals surface area (Å²) in [6, 6.07) is 6.12. The van der Waals surface area contributed by atoms with Crippen molar-refractivity contribution in [1.82, 2.24) is 5.32 Å². The summed E-state index contributed by atoms with van der Waals surface area (Å²) >= 11 is 0. The van der Waals surface area contributed by atoms with Crippen LogP contribution in [-0.4, -0.2) is 29.6 Å². The maximum atomic E-state index is 12.3. The number of unbranched alkanes of at least 4 members (excludes halogenated alkanes) is 1. The molecule has 1 aromatic carbocycles. The summed E-state index contributed by atoms with van der Waals surface area (Å²) in [6.45, 7) is 2.60. The molecular formula is C17H23NO4. The fourth-order valence-electron chi connectivity index (χ4n) is 2.17. The van der Waals surface area contributed by atoms with Gasteiger partial charge in [-0.05, 0) is 37.3 Å². The Morgan fingerprint density at radius 1 is 1.36 bits per heavy atom. The summed E-state index contributed by atoms with van der Waals surface area (Å²) in [7, 11) is 0. The minimum absolute atomic E-state index is 0.394. The van der Waals surface area contributed by atoms with E-state index in [-0.39, 0.29) is 0 Å². The molecule has 0 aromatic heterocycles. The third kappa shape index (κ3) is 4.76.